The Morgan fingerprint density at radius 2 is 1.80 bits per heavy atom. The fourth-order valence-corrected chi connectivity index (χ4v) is 5.77. The van der Waals surface area contributed by atoms with Crippen molar-refractivity contribution in [2.75, 3.05) is 0 Å². The number of aliphatic hydroxyl groups excluding tert-OH is 2. The lowest BCUT2D eigenvalue weighted by atomic mass is 9.44. The van der Waals surface area contributed by atoms with Crippen LogP contribution in [0.5, 0.6) is 0 Å². The van der Waals surface area contributed by atoms with E-state index in [2.05, 4.69) is 20.8 Å². The minimum absolute atomic E-state index is 0.00586. The molecule has 2 N–H and O–H groups in total. The van der Waals surface area contributed by atoms with Crippen LogP contribution >= 0.6 is 0 Å². The Kier molecular flexibility index (Phi) is 2.85. The Bertz CT molecular complexity index is 446. The molecule has 4 nitrogen and oxygen atoms in total. The molecule has 0 bridgehead atoms. The lowest BCUT2D eigenvalue weighted by Gasteiger charge is -2.62. The van der Waals surface area contributed by atoms with Crippen molar-refractivity contribution in [3.05, 3.63) is 0 Å². The number of rotatable bonds is 0. The van der Waals surface area contributed by atoms with Gasteiger partial charge in [-0.15, -0.1) is 0 Å². The number of esters is 1. The molecular weight excluding hydrogens is 256 g/mol. The average Bonchev–Trinajstić information content (AvgIpc) is 2.63. The van der Waals surface area contributed by atoms with Gasteiger partial charge < -0.3 is 14.9 Å². The normalized spacial score (nSPS) is 54.0. The van der Waals surface area contributed by atoms with Crippen molar-refractivity contribution in [3.63, 3.8) is 0 Å². The molecule has 0 aromatic carbocycles. The molecule has 4 heteroatoms. The first kappa shape index (κ1) is 14.3. The zero-order valence-electron chi connectivity index (χ0n) is 12.8. The van der Waals surface area contributed by atoms with E-state index in [0.29, 0.717) is 6.42 Å². The largest absolute Gasteiger partial charge is 0.456 e. The molecule has 6 atom stereocenters. The molecule has 1 aliphatic heterocycles. The third-order valence-corrected chi connectivity index (χ3v) is 6.53. The van der Waals surface area contributed by atoms with E-state index in [1.54, 1.807) is 6.92 Å². The van der Waals surface area contributed by atoms with Crippen molar-refractivity contribution in [1.82, 2.24) is 0 Å². The minimum Gasteiger partial charge on any atom is -0.456 e. The van der Waals surface area contributed by atoms with Crippen molar-refractivity contribution >= 4 is 5.97 Å². The molecule has 1 heterocycles. The summed E-state index contributed by atoms with van der Waals surface area (Å²) in [5.41, 5.74) is -1.11. The van der Waals surface area contributed by atoms with Crippen molar-refractivity contribution in [3.8, 4) is 0 Å². The fourth-order valence-electron chi connectivity index (χ4n) is 5.77. The predicted molar refractivity (Wildman–Crippen MR) is 73.8 cm³/mol. The number of carbonyl (C=O) groups excluding carboxylic acids is 1. The van der Waals surface area contributed by atoms with E-state index in [1.165, 1.54) is 0 Å². The van der Waals surface area contributed by atoms with Crippen LogP contribution in [0.4, 0.5) is 0 Å². The Hall–Kier alpha value is -0.610. The summed E-state index contributed by atoms with van der Waals surface area (Å²) < 4.78 is 5.47. The van der Waals surface area contributed by atoms with E-state index in [-0.39, 0.29) is 28.6 Å². The molecule has 3 fully saturated rings. The highest BCUT2D eigenvalue weighted by atomic mass is 16.6. The van der Waals surface area contributed by atoms with Crippen LogP contribution in [0.15, 0.2) is 0 Å². The summed E-state index contributed by atoms with van der Waals surface area (Å²) in [4.78, 5) is 11.8. The number of ether oxygens (including phenoxy) is 1. The number of hydrogen-bond acceptors (Lipinski definition) is 4. The van der Waals surface area contributed by atoms with Crippen LogP contribution in [0.2, 0.25) is 0 Å². The van der Waals surface area contributed by atoms with Crippen molar-refractivity contribution in [2.24, 2.45) is 22.7 Å². The van der Waals surface area contributed by atoms with Crippen LogP contribution < -0.4 is 0 Å². The maximum atomic E-state index is 11.8. The number of aliphatic hydroxyl groups is 2. The van der Waals surface area contributed by atoms with Gasteiger partial charge in [0.15, 0.2) is 0 Å². The van der Waals surface area contributed by atoms with Gasteiger partial charge in [-0.25, -0.2) is 0 Å². The third kappa shape index (κ3) is 1.58. The second-order valence-corrected chi connectivity index (χ2v) is 8.18. The van der Waals surface area contributed by atoms with E-state index in [9.17, 15) is 15.0 Å². The second-order valence-electron chi connectivity index (χ2n) is 8.18. The quantitative estimate of drug-likeness (QED) is 0.666. The van der Waals surface area contributed by atoms with Crippen molar-refractivity contribution in [1.29, 1.82) is 0 Å². The van der Waals surface area contributed by atoms with Gasteiger partial charge in [0.05, 0.1) is 12.5 Å². The summed E-state index contributed by atoms with van der Waals surface area (Å²) in [6, 6.07) is 0. The van der Waals surface area contributed by atoms with Gasteiger partial charge in [-0.1, -0.05) is 27.2 Å². The van der Waals surface area contributed by atoms with Gasteiger partial charge in [-0.2, -0.15) is 0 Å². The van der Waals surface area contributed by atoms with Crippen molar-refractivity contribution < 1.29 is 19.7 Å². The van der Waals surface area contributed by atoms with Crippen molar-refractivity contribution in [2.45, 2.75) is 71.2 Å². The summed E-state index contributed by atoms with van der Waals surface area (Å²) in [5.74, 6) is -0.245. The first-order chi connectivity index (χ1) is 9.13. The summed E-state index contributed by atoms with van der Waals surface area (Å²) in [7, 11) is 0. The molecular formula is C16H26O4. The van der Waals surface area contributed by atoms with Gasteiger partial charge in [0.1, 0.15) is 11.7 Å². The number of carbonyl (C=O) groups is 1. The van der Waals surface area contributed by atoms with E-state index >= 15 is 0 Å². The molecule has 20 heavy (non-hydrogen) atoms. The van der Waals surface area contributed by atoms with E-state index < -0.39 is 17.8 Å². The molecule has 3 rings (SSSR count). The van der Waals surface area contributed by atoms with Gasteiger partial charge in [-0.3, -0.25) is 4.79 Å². The molecule has 0 amide bonds. The Labute approximate surface area is 120 Å². The molecule has 114 valence electrons. The molecule has 2 unspecified atom stereocenters. The Morgan fingerprint density at radius 1 is 1.15 bits per heavy atom. The highest BCUT2D eigenvalue weighted by Gasteiger charge is 2.69. The molecule has 2 aliphatic carbocycles. The zero-order valence-corrected chi connectivity index (χ0v) is 12.8. The van der Waals surface area contributed by atoms with Crippen LogP contribution in [0.1, 0.15) is 53.4 Å². The highest BCUT2D eigenvalue weighted by molar-refractivity contribution is 5.73. The summed E-state index contributed by atoms with van der Waals surface area (Å²) in [5, 5.41) is 21.3. The summed E-state index contributed by atoms with van der Waals surface area (Å²) >= 11 is 0. The lowest BCUT2D eigenvalue weighted by molar-refractivity contribution is -0.251. The minimum atomic E-state index is -0.991. The number of fused-ring (bicyclic) bond motifs is 3. The van der Waals surface area contributed by atoms with Crippen LogP contribution in [0.3, 0.4) is 0 Å². The van der Waals surface area contributed by atoms with Crippen LogP contribution in [-0.4, -0.2) is 34.0 Å². The lowest BCUT2D eigenvalue weighted by Crippen LogP contribution is -2.68. The predicted octanol–water partition coefficient (Wildman–Crippen LogP) is 1.88. The van der Waals surface area contributed by atoms with Gasteiger partial charge in [0.25, 0.3) is 0 Å². The maximum Gasteiger partial charge on any atom is 0.306 e. The number of hydrogen-bond donors (Lipinski definition) is 2. The van der Waals surface area contributed by atoms with E-state index in [1.807, 2.05) is 0 Å². The fraction of sp³-hybridized carbons (Fsp3) is 0.938. The molecule has 0 aromatic rings. The SMILES string of the molecule is CC1(C)CCC[C@@]2(C)C1[C@@H](O)[C@H](O)[C@@]1(C)OC(=O)CC21. The monoisotopic (exact) mass is 282 g/mol. The third-order valence-electron chi connectivity index (χ3n) is 6.53. The van der Waals surface area contributed by atoms with Crippen LogP contribution in [-0.2, 0) is 9.53 Å². The Balaban J connectivity index is 2.11. The standard InChI is InChI=1S/C16H26O4/c1-14(2)6-5-7-15(3)9-8-10(17)20-16(9,4)13(19)11(18)12(14)15/h9,11-13,18-19H,5-8H2,1-4H3/t9?,11-,12?,13+,15-,16+/m1/s1. The molecule has 0 aromatic heterocycles. The van der Waals surface area contributed by atoms with E-state index in [4.69, 9.17) is 4.74 Å². The highest BCUT2D eigenvalue weighted by Crippen LogP contribution is 2.64. The van der Waals surface area contributed by atoms with Gasteiger partial charge in [-0.05, 0) is 36.5 Å². The molecule has 0 radical (unpaired) electrons. The topological polar surface area (TPSA) is 66.8 Å². The zero-order chi connectivity index (χ0) is 14.9. The molecule has 3 aliphatic rings. The van der Waals surface area contributed by atoms with E-state index in [0.717, 1.165) is 19.3 Å². The maximum absolute atomic E-state index is 11.8. The summed E-state index contributed by atoms with van der Waals surface area (Å²) in [6.45, 7) is 8.31. The Morgan fingerprint density at radius 3 is 2.45 bits per heavy atom. The summed E-state index contributed by atoms with van der Waals surface area (Å²) in [6.07, 6.45) is 1.68. The smallest absolute Gasteiger partial charge is 0.306 e. The molecule has 2 saturated carbocycles. The van der Waals surface area contributed by atoms with Gasteiger partial charge >= 0.3 is 5.97 Å². The first-order valence-electron chi connectivity index (χ1n) is 7.71. The first-order valence-corrected chi connectivity index (χ1v) is 7.71. The molecule has 0 spiro atoms. The second kappa shape index (κ2) is 3.98. The van der Waals surface area contributed by atoms with Gasteiger partial charge in [0.2, 0.25) is 0 Å². The molecule has 1 saturated heterocycles. The van der Waals surface area contributed by atoms with Crippen LogP contribution in [0, 0.1) is 22.7 Å². The van der Waals surface area contributed by atoms with Gasteiger partial charge in [0, 0.05) is 5.92 Å². The average molecular weight is 282 g/mol. The van der Waals surface area contributed by atoms with Crippen LogP contribution in [0.25, 0.3) is 0 Å².